The van der Waals surface area contributed by atoms with Gasteiger partial charge in [0, 0.05) is 30.8 Å². The van der Waals surface area contributed by atoms with Crippen LogP contribution in [0, 0.1) is 0 Å². The molecule has 0 bridgehead atoms. The summed E-state index contributed by atoms with van der Waals surface area (Å²) in [7, 11) is 12.2. The Morgan fingerprint density at radius 1 is 0.750 bits per heavy atom. The van der Waals surface area contributed by atoms with Crippen LogP contribution < -0.4 is 0 Å². The molecule has 110 valence electrons. The summed E-state index contributed by atoms with van der Waals surface area (Å²) >= 11 is 0. The first-order valence-corrected chi connectivity index (χ1v) is 6.57. The van der Waals surface area contributed by atoms with Crippen LogP contribution in [-0.2, 0) is 19.6 Å². The first kappa shape index (κ1) is 19.9. The van der Waals surface area contributed by atoms with Gasteiger partial charge >= 0.3 is 29.6 Å². The molecule has 5 heteroatoms. The second-order valence-corrected chi connectivity index (χ2v) is 5.98. The maximum absolute atomic E-state index is 10.4. The minimum atomic E-state index is 0. The van der Waals surface area contributed by atoms with Gasteiger partial charge in [-0.15, -0.1) is 0 Å². The monoisotopic (exact) mass is 289 g/mol. The predicted octanol–water partition coefficient (Wildman–Crippen LogP) is 0.928. The normalized spacial score (nSPS) is 11.2. The van der Waals surface area contributed by atoms with Crippen molar-refractivity contribution in [3.8, 4) is 5.75 Å². The van der Waals surface area contributed by atoms with Gasteiger partial charge in [-0.25, -0.2) is 0 Å². The van der Waals surface area contributed by atoms with Crippen molar-refractivity contribution < 1.29 is 5.11 Å². The van der Waals surface area contributed by atoms with Gasteiger partial charge in [0.25, 0.3) is 0 Å². The quantitative estimate of drug-likeness (QED) is 0.789. The van der Waals surface area contributed by atoms with E-state index in [1.165, 1.54) is 5.56 Å². The fourth-order valence-corrected chi connectivity index (χ4v) is 2.21. The average Bonchev–Trinajstić information content (AvgIpc) is 2.22. The maximum atomic E-state index is 10.4. The molecule has 4 nitrogen and oxygen atoms in total. The van der Waals surface area contributed by atoms with Crippen LogP contribution in [0.5, 0.6) is 5.75 Å². The van der Waals surface area contributed by atoms with Gasteiger partial charge in [0.1, 0.15) is 5.75 Å². The van der Waals surface area contributed by atoms with Crippen LogP contribution in [-0.4, -0.2) is 91.6 Å². The van der Waals surface area contributed by atoms with E-state index in [1.54, 1.807) is 0 Å². The molecule has 1 aromatic carbocycles. The van der Waals surface area contributed by atoms with E-state index < -0.39 is 0 Å². The zero-order valence-electron chi connectivity index (χ0n) is 13.1. The molecule has 0 fully saturated rings. The minimum absolute atomic E-state index is 0. The van der Waals surface area contributed by atoms with Gasteiger partial charge in [-0.3, -0.25) is 0 Å². The molecule has 1 rings (SSSR count). The van der Waals surface area contributed by atoms with E-state index in [0.717, 1.165) is 30.8 Å². The third kappa shape index (κ3) is 6.57. The molecule has 0 aromatic heterocycles. The van der Waals surface area contributed by atoms with Crippen LogP contribution in [0.3, 0.4) is 0 Å². The third-order valence-electron chi connectivity index (χ3n) is 2.80. The molecule has 0 amide bonds. The number of phenols is 1. The van der Waals surface area contributed by atoms with Crippen molar-refractivity contribution in [2.75, 3.05) is 42.3 Å². The van der Waals surface area contributed by atoms with Crippen LogP contribution in [0.4, 0.5) is 0 Å². The van der Waals surface area contributed by atoms with E-state index in [1.807, 2.05) is 28.2 Å². The summed E-state index contributed by atoms with van der Waals surface area (Å²) in [5, 5.41) is 10.4. The van der Waals surface area contributed by atoms with Crippen molar-refractivity contribution in [3.63, 3.8) is 0 Å². The van der Waals surface area contributed by atoms with Gasteiger partial charge in [-0.1, -0.05) is 0 Å². The molecule has 20 heavy (non-hydrogen) atoms. The van der Waals surface area contributed by atoms with Gasteiger partial charge < -0.3 is 19.8 Å². The molecule has 0 aliphatic carbocycles. The Balaban J connectivity index is 0.00000361. The molecule has 0 atom stereocenters. The molecule has 0 saturated heterocycles. The molecule has 0 heterocycles. The van der Waals surface area contributed by atoms with E-state index >= 15 is 0 Å². The topological polar surface area (TPSA) is 30.0 Å². The van der Waals surface area contributed by atoms with Crippen molar-refractivity contribution in [2.24, 2.45) is 0 Å². The number of benzene rings is 1. The molecule has 0 aliphatic heterocycles. The van der Waals surface area contributed by atoms with Crippen molar-refractivity contribution in [3.05, 3.63) is 28.8 Å². The Morgan fingerprint density at radius 2 is 1.10 bits per heavy atom. The van der Waals surface area contributed by atoms with Crippen LogP contribution in [0.1, 0.15) is 16.7 Å². The SMILES string of the molecule is CN(C)Cc1cc(CN(C)C)c(O)c(CN(C)C)c1.[NaH]. The third-order valence-corrected chi connectivity index (χ3v) is 2.80. The summed E-state index contributed by atoms with van der Waals surface area (Å²) in [6, 6.07) is 4.21. The van der Waals surface area contributed by atoms with Crippen LogP contribution in [0.25, 0.3) is 0 Å². The number of hydrogen-bond acceptors (Lipinski definition) is 4. The fraction of sp³-hybridized carbons (Fsp3) is 0.600. The van der Waals surface area contributed by atoms with Crippen molar-refractivity contribution in [1.29, 1.82) is 0 Å². The summed E-state index contributed by atoms with van der Waals surface area (Å²) in [6.45, 7) is 2.40. The second-order valence-electron chi connectivity index (χ2n) is 5.98. The summed E-state index contributed by atoms with van der Waals surface area (Å²) in [5.74, 6) is 0.435. The summed E-state index contributed by atoms with van der Waals surface area (Å²) in [5.41, 5.74) is 3.25. The van der Waals surface area contributed by atoms with Crippen LogP contribution in [0.2, 0.25) is 0 Å². The zero-order valence-corrected chi connectivity index (χ0v) is 13.1. The molecule has 1 aromatic rings. The Labute approximate surface area is 145 Å². The standard InChI is InChI=1S/C15H27N3O.Na.H/c1-16(2)9-12-7-13(10-17(3)4)15(19)14(8-12)11-18(5)6;;/h7-8,19H,9-11H2,1-6H3;;. The van der Waals surface area contributed by atoms with Crippen molar-refractivity contribution >= 4 is 29.6 Å². The number of aromatic hydroxyl groups is 1. The van der Waals surface area contributed by atoms with Crippen LogP contribution >= 0.6 is 0 Å². The molecule has 1 N–H and O–H groups in total. The summed E-state index contributed by atoms with van der Waals surface area (Å²) in [4.78, 5) is 6.30. The van der Waals surface area contributed by atoms with E-state index in [2.05, 4.69) is 40.9 Å². The van der Waals surface area contributed by atoms with E-state index in [4.69, 9.17) is 0 Å². The average molecular weight is 289 g/mol. The summed E-state index contributed by atoms with van der Waals surface area (Å²) < 4.78 is 0. The molecule has 0 unspecified atom stereocenters. The van der Waals surface area contributed by atoms with Crippen LogP contribution in [0.15, 0.2) is 12.1 Å². The number of phenolic OH excluding ortho intramolecular Hbond substituents is 1. The molecule has 0 radical (unpaired) electrons. The Bertz CT molecular complexity index is 389. The van der Waals surface area contributed by atoms with Gasteiger partial charge in [0.2, 0.25) is 0 Å². The first-order chi connectivity index (χ1) is 8.79. The molecule has 0 aliphatic rings. The Morgan fingerprint density at radius 3 is 1.40 bits per heavy atom. The first-order valence-electron chi connectivity index (χ1n) is 6.57. The Kier molecular flexibility index (Phi) is 8.98. The van der Waals surface area contributed by atoms with Gasteiger partial charge in [-0.05, 0) is 60.0 Å². The number of rotatable bonds is 6. The van der Waals surface area contributed by atoms with E-state index in [-0.39, 0.29) is 29.6 Å². The molecule has 0 spiro atoms. The van der Waals surface area contributed by atoms with Gasteiger partial charge in [0.05, 0.1) is 0 Å². The van der Waals surface area contributed by atoms with Crippen molar-refractivity contribution in [2.45, 2.75) is 19.6 Å². The van der Waals surface area contributed by atoms with Gasteiger partial charge in [0.15, 0.2) is 0 Å². The predicted molar refractivity (Wildman–Crippen MR) is 87.4 cm³/mol. The summed E-state index contributed by atoms with van der Waals surface area (Å²) in [6.07, 6.45) is 0. The fourth-order valence-electron chi connectivity index (χ4n) is 2.21. The zero-order chi connectivity index (χ0) is 14.6. The Hall–Kier alpha value is -0.100. The van der Waals surface area contributed by atoms with Crippen molar-refractivity contribution in [1.82, 2.24) is 14.7 Å². The van der Waals surface area contributed by atoms with Gasteiger partial charge in [-0.2, -0.15) is 0 Å². The number of hydrogen-bond donors (Lipinski definition) is 1. The molecular formula is C15H28N3NaO. The second kappa shape index (κ2) is 9.03. The number of nitrogens with zero attached hydrogens (tertiary/aromatic N) is 3. The molecular weight excluding hydrogens is 261 g/mol. The molecule has 0 saturated carbocycles. The van der Waals surface area contributed by atoms with E-state index in [0.29, 0.717) is 5.75 Å². The van der Waals surface area contributed by atoms with E-state index in [9.17, 15) is 5.11 Å².